The van der Waals surface area contributed by atoms with E-state index in [1.165, 1.54) is 238 Å². The molecule has 0 aromatic rings. The molecule has 0 aromatic heterocycles. The van der Waals surface area contributed by atoms with E-state index in [9.17, 15) is 14.4 Å². The third-order valence-electron chi connectivity index (χ3n) is 15.7. The van der Waals surface area contributed by atoms with E-state index < -0.39 is 6.10 Å². The van der Waals surface area contributed by atoms with Gasteiger partial charge in [0.1, 0.15) is 13.2 Å². The predicted molar refractivity (Wildman–Crippen MR) is 353 cm³/mol. The summed E-state index contributed by atoms with van der Waals surface area (Å²) in [6, 6.07) is 0. The summed E-state index contributed by atoms with van der Waals surface area (Å²) in [6.45, 7) is 6.56. The van der Waals surface area contributed by atoms with Crippen molar-refractivity contribution in [3.05, 3.63) is 72.9 Å². The van der Waals surface area contributed by atoms with Gasteiger partial charge in [0.25, 0.3) is 0 Å². The lowest BCUT2D eigenvalue weighted by atomic mass is 10.0. The van der Waals surface area contributed by atoms with Gasteiger partial charge >= 0.3 is 17.9 Å². The molecular weight excluding hydrogens is 997 g/mol. The predicted octanol–water partition coefficient (Wildman–Crippen LogP) is 24.4. The summed E-state index contributed by atoms with van der Waals surface area (Å²) in [5.74, 6) is -0.866. The minimum absolute atomic E-state index is 0.0753. The molecule has 0 N–H and O–H groups in total. The van der Waals surface area contributed by atoms with Crippen molar-refractivity contribution in [1.82, 2.24) is 0 Å². The number of ether oxygens (including phenoxy) is 3. The normalized spacial score (nSPS) is 12.5. The second kappa shape index (κ2) is 69.3. The molecule has 0 saturated heterocycles. The van der Waals surface area contributed by atoms with Crippen molar-refractivity contribution in [2.24, 2.45) is 0 Å². The lowest BCUT2D eigenvalue weighted by molar-refractivity contribution is -0.167. The van der Waals surface area contributed by atoms with Crippen molar-refractivity contribution in [1.29, 1.82) is 0 Å². The van der Waals surface area contributed by atoms with Crippen molar-refractivity contribution in [3.63, 3.8) is 0 Å². The Balaban J connectivity index is 4.21. The van der Waals surface area contributed by atoms with Crippen LogP contribution in [0.15, 0.2) is 72.9 Å². The maximum absolute atomic E-state index is 12.9. The van der Waals surface area contributed by atoms with E-state index in [0.717, 1.165) is 89.9 Å². The SMILES string of the molecule is CC/C=C\C/C=C\C/C=C\C/C=C\CCCCCCCCCCCCCCCCCCCCC(=O)OCC(COC(=O)CCCCCCC/C=C\CCCCCCCC)OC(=O)CCCCCCCCC/C=C\CCCCCCCC. The zero-order valence-electron chi connectivity index (χ0n) is 54.1. The van der Waals surface area contributed by atoms with Crippen LogP contribution in [-0.2, 0) is 28.6 Å². The first-order valence-corrected chi connectivity index (χ1v) is 35.4. The maximum atomic E-state index is 12.9. The quantitative estimate of drug-likeness (QED) is 0.0261. The Morgan fingerprint density at radius 3 is 0.765 bits per heavy atom. The second-order valence-electron chi connectivity index (χ2n) is 23.8. The molecule has 6 nitrogen and oxygen atoms in total. The molecule has 0 bridgehead atoms. The highest BCUT2D eigenvalue weighted by atomic mass is 16.6. The molecule has 6 heteroatoms. The van der Waals surface area contributed by atoms with Gasteiger partial charge in [-0.25, -0.2) is 0 Å². The van der Waals surface area contributed by atoms with Crippen LogP contribution >= 0.6 is 0 Å². The maximum Gasteiger partial charge on any atom is 0.306 e. The molecule has 1 atom stereocenters. The Hall–Kier alpha value is -3.15. The Morgan fingerprint density at radius 1 is 0.259 bits per heavy atom. The topological polar surface area (TPSA) is 78.9 Å². The molecule has 0 spiro atoms. The molecule has 0 saturated carbocycles. The number of hydrogen-bond acceptors (Lipinski definition) is 6. The molecule has 1 unspecified atom stereocenters. The third-order valence-corrected chi connectivity index (χ3v) is 15.7. The van der Waals surface area contributed by atoms with E-state index in [2.05, 4.69) is 93.7 Å². The van der Waals surface area contributed by atoms with Crippen LogP contribution in [0, 0.1) is 0 Å². The Morgan fingerprint density at radius 2 is 0.481 bits per heavy atom. The first-order chi connectivity index (χ1) is 40.0. The molecule has 0 aromatic carbocycles. The van der Waals surface area contributed by atoms with Crippen molar-refractivity contribution in [2.75, 3.05) is 13.2 Å². The van der Waals surface area contributed by atoms with E-state index in [1.54, 1.807) is 0 Å². The molecule has 0 aliphatic heterocycles. The molecule has 0 amide bonds. The van der Waals surface area contributed by atoms with Gasteiger partial charge in [0, 0.05) is 19.3 Å². The summed E-state index contributed by atoms with van der Waals surface area (Å²) in [4.78, 5) is 38.4. The second-order valence-corrected chi connectivity index (χ2v) is 23.8. The minimum atomic E-state index is -0.780. The highest BCUT2D eigenvalue weighted by Gasteiger charge is 2.19. The number of rotatable bonds is 65. The highest BCUT2D eigenvalue weighted by molar-refractivity contribution is 5.71. The lowest BCUT2D eigenvalue weighted by Crippen LogP contribution is -2.30. The molecule has 0 aliphatic carbocycles. The third kappa shape index (κ3) is 67.5. The van der Waals surface area contributed by atoms with Crippen molar-refractivity contribution in [2.45, 2.75) is 374 Å². The zero-order chi connectivity index (χ0) is 58.5. The monoisotopic (exact) mass is 1130 g/mol. The van der Waals surface area contributed by atoms with Gasteiger partial charge in [-0.3, -0.25) is 14.4 Å². The first kappa shape index (κ1) is 77.9. The zero-order valence-corrected chi connectivity index (χ0v) is 54.1. The van der Waals surface area contributed by atoms with Crippen LogP contribution < -0.4 is 0 Å². The van der Waals surface area contributed by atoms with Gasteiger partial charge in [-0.2, -0.15) is 0 Å². The van der Waals surface area contributed by atoms with Crippen LogP contribution in [0.3, 0.4) is 0 Å². The van der Waals surface area contributed by atoms with Gasteiger partial charge in [0.15, 0.2) is 6.10 Å². The average Bonchev–Trinajstić information content (AvgIpc) is 3.47. The van der Waals surface area contributed by atoms with Gasteiger partial charge in [-0.15, -0.1) is 0 Å². The molecule has 0 fully saturated rings. The number of unbranched alkanes of at least 4 members (excludes halogenated alkanes) is 42. The number of allylic oxidation sites excluding steroid dienone is 12. The largest absolute Gasteiger partial charge is 0.462 e. The summed E-state index contributed by atoms with van der Waals surface area (Å²) >= 11 is 0. The fourth-order valence-corrected chi connectivity index (χ4v) is 10.4. The Labute approximate surface area is 503 Å². The van der Waals surface area contributed by atoms with Crippen molar-refractivity contribution in [3.8, 4) is 0 Å². The molecule has 0 rings (SSSR count). The van der Waals surface area contributed by atoms with Crippen LogP contribution in [-0.4, -0.2) is 37.2 Å². The van der Waals surface area contributed by atoms with Gasteiger partial charge < -0.3 is 14.2 Å². The lowest BCUT2D eigenvalue weighted by Gasteiger charge is -2.18. The number of carbonyl (C=O) groups is 3. The summed E-state index contributed by atoms with van der Waals surface area (Å²) in [5.41, 5.74) is 0. The minimum Gasteiger partial charge on any atom is -0.462 e. The van der Waals surface area contributed by atoms with Gasteiger partial charge in [0.2, 0.25) is 0 Å². The molecule has 0 heterocycles. The summed E-state index contributed by atoms with van der Waals surface area (Å²) < 4.78 is 17.0. The molecule has 81 heavy (non-hydrogen) atoms. The number of esters is 3. The molecule has 0 radical (unpaired) electrons. The van der Waals surface area contributed by atoms with Crippen LogP contribution in [0.1, 0.15) is 367 Å². The van der Waals surface area contributed by atoms with E-state index >= 15 is 0 Å². The molecule has 470 valence electrons. The summed E-state index contributed by atoms with van der Waals surface area (Å²) in [7, 11) is 0. The van der Waals surface area contributed by atoms with Gasteiger partial charge in [0.05, 0.1) is 0 Å². The first-order valence-electron chi connectivity index (χ1n) is 35.4. The average molecular weight is 1130 g/mol. The van der Waals surface area contributed by atoms with E-state index in [-0.39, 0.29) is 31.1 Å². The molecular formula is C75H134O6. The van der Waals surface area contributed by atoms with Gasteiger partial charge in [-0.05, 0) is 109 Å². The van der Waals surface area contributed by atoms with Crippen LogP contribution in [0.2, 0.25) is 0 Å². The molecule has 0 aliphatic rings. The van der Waals surface area contributed by atoms with Crippen LogP contribution in [0.5, 0.6) is 0 Å². The Kier molecular flexibility index (Phi) is 66.6. The van der Waals surface area contributed by atoms with E-state index in [1.807, 2.05) is 0 Å². The smallest absolute Gasteiger partial charge is 0.306 e. The fourth-order valence-electron chi connectivity index (χ4n) is 10.4. The van der Waals surface area contributed by atoms with Crippen molar-refractivity contribution >= 4 is 17.9 Å². The number of hydrogen-bond donors (Lipinski definition) is 0. The Bertz CT molecular complexity index is 1490. The number of carbonyl (C=O) groups excluding carboxylic acids is 3. The van der Waals surface area contributed by atoms with Crippen LogP contribution in [0.4, 0.5) is 0 Å². The van der Waals surface area contributed by atoms with Crippen molar-refractivity contribution < 1.29 is 28.6 Å². The summed E-state index contributed by atoms with van der Waals surface area (Å²) in [6.07, 6.45) is 90.7. The van der Waals surface area contributed by atoms with E-state index in [0.29, 0.717) is 19.3 Å². The highest BCUT2D eigenvalue weighted by Crippen LogP contribution is 2.18. The van der Waals surface area contributed by atoms with Crippen LogP contribution in [0.25, 0.3) is 0 Å². The summed E-state index contributed by atoms with van der Waals surface area (Å²) in [5, 5.41) is 0. The fraction of sp³-hybridized carbons (Fsp3) is 0.800. The standard InChI is InChI=1S/C75H134O6/c1-4-7-10-13-16-19-22-25-28-30-31-32-33-34-35-36-37-38-39-40-41-42-43-45-47-50-53-56-59-62-65-68-74(77)80-71-72(70-79-73(76)67-64-61-58-55-52-49-46-27-24-21-18-15-12-9-6-3)81-75(78)69-66-63-60-57-54-51-48-44-29-26-23-20-17-14-11-8-5-2/h7,10,16,19,25-29,31-32,46,72H,4-6,8-9,11-15,17-18,20-24,30,33-45,47-71H2,1-3H3/b10-7-,19-16-,28-25-,29-26-,32-31-,46-27-. The van der Waals surface area contributed by atoms with E-state index in [4.69, 9.17) is 14.2 Å². The van der Waals surface area contributed by atoms with Gasteiger partial charge in [-0.1, -0.05) is 312 Å².